The molecule has 1 aliphatic heterocycles. The van der Waals surface area contributed by atoms with Gasteiger partial charge in [-0.2, -0.15) is 0 Å². The number of imidazole rings is 1. The van der Waals surface area contributed by atoms with Gasteiger partial charge in [-0.3, -0.25) is 9.36 Å². The van der Waals surface area contributed by atoms with Gasteiger partial charge in [0.1, 0.15) is 35.7 Å². The number of aromatic nitrogens is 4. The highest BCUT2D eigenvalue weighted by molar-refractivity contribution is 5.92. The molecule has 1 aromatic carbocycles. The maximum absolute atomic E-state index is 12.5. The van der Waals surface area contributed by atoms with Crippen LogP contribution in [-0.4, -0.2) is 45.6 Å². The van der Waals surface area contributed by atoms with E-state index in [9.17, 15) is 4.79 Å². The maximum Gasteiger partial charge on any atom is 0.271 e. The van der Waals surface area contributed by atoms with E-state index in [1.54, 1.807) is 30.5 Å². The lowest BCUT2D eigenvalue weighted by Gasteiger charge is -2.31. The smallest absolute Gasteiger partial charge is 0.271 e. The van der Waals surface area contributed by atoms with Gasteiger partial charge in [-0.1, -0.05) is 19.1 Å². The third kappa shape index (κ3) is 4.59. The highest BCUT2D eigenvalue weighted by Crippen LogP contribution is 2.22. The minimum atomic E-state index is -0.240. The molecule has 0 spiro atoms. The summed E-state index contributed by atoms with van der Waals surface area (Å²) in [5.41, 5.74) is 1.29. The zero-order valence-corrected chi connectivity index (χ0v) is 17.3. The molecule has 1 saturated heterocycles. The second-order valence-electron chi connectivity index (χ2n) is 7.60. The molecule has 2 aromatic heterocycles. The molecule has 1 N–H and O–H groups in total. The molecule has 3 aromatic rings. The SMILES string of the molecule is COc1cccc(CNC(=O)c2cn(-c3cc(N4CCC(C)CC4)ncn3)cn2)c1. The highest BCUT2D eigenvalue weighted by atomic mass is 16.5. The standard InChI is InChI=1S/C22H26N6O2/c1-16-6-8-27(9-7-16)20-11-21(25-14-24-20)28-13-19(26-15-28)22(29)23-12-17-4-3-5-18(10-17)30-2/h3-5,10-11,13-16H,6-9,12H2,1-2H3,(H,23,29). The highest BCUT2D eigenvalue weighted by Gasteiger charge is 2.18. The number of hydrogen-bond donors (Lipinski definition) is 1. The first kappa shape index (κ1) is 19.9. The van der Waals surface area contributed by atoms with E-state index in [2.05, 4.69) is 32.1 Å². The summed E-state index contributed by atoms with van der Waals surface area (Å²) in [7, 11) is 1.62. The molecular formula is C22H26N6O2. The number of nitrogens with one attached hydrogen (secondary N) is 1. The third-order valence-electron chi connectivity index (χ3n) is 5.41. The summed E-state index contributed by atoms with van der Waals surface area (Å²) in [6.07, 6.45) is 7.19. The monoisotopic (exact) mass is 406 g/mol. The Hall–Kier alpha value is -3.42. The molecule has 1 aliphatic rings. The molecule has 1 fully saturated rings. The van der Waals surface area contributed by atoms with Crippen LogP contribution in [0.15, 0.2) is 49.2 Å². The molecule has 1 amide bonds. The van der Waals surface area contributed by atoms with E-state index < -0.39 is 0 Å². The largest absolute Gasteiger partial charge is 0.497 e. The fraction of sp³-hybridized carbons (Fsp3) is 0.364. The van der Waals surface area contributed by atoms with E-state index in [-0.39, 0.29) is 5.91 Å². The molecule has 0 atom stereocenters. The Balaban J connectivity index is 1.42. The maximum atomic E-state index is 12.5. The van der Waals surface area contributed by atoms with Crippen LogP contribution in [-0.2, 0) is 6.54 Å². The molecule has 0 radical (unpaired) electrons. The molecule has 30 heavy (non-hydrogen) atoms. The molecule has 0 aliphatic carbocycles. The van der Waals surface area contributed by atoms with Gasteiger partial charge in [0, 0.05) is 31.9 Å². The Morgan fingerprint density at radius 1 is 1.17 bits per heavy atom. The molecule has 156 valence electrons. The molecule has 3 heterocycles. The van der Waals surface area contributed by atoms with E-state index in [1.165, 1.54) is 12.8 Å². The molecule has 0 unspecified atom stereocenters. The Labute approximate surface area is 175 Å². The van der Waals surface area contributed by atoms with Gasteiger partial charge in [-0.25, -0.2) is 15.0 Å². The van der Waals surface area contributed by atoms with Crippen molar-refractivity contribution in [3.05, 3.63) is 60.4 Å². The summed E-state index contributed by atoms with van der Waals surface area (Å²) in [5.74, 6) is 2.88. The number of amides is 1. The first-order valence-electron chi connectivity index (χ1n) is 10.1. The molecule has 0 saturated carbocycles. The van der Waals surface area contributed by atoms with Gasteiger partial charge in [-0.05, 0) is 36.5 Å². The first-order valence-corrected chi connectivity index (χ1v) is 10.1. The van der Waals surface area contributed by atoms with Crippen LogP contribution in [0.25, 0.3) is 5.82 Å². The Morgan fingerprint density at radius 2 is 1.97 bits per heavy atom. The van der Waals surface area contributed by atoms with Crippen molar-refractivity contribution in [1.82, 2.24) is 24.8 Å². The van der Waals surface area contributed by atoms with Gasteiger partial charge < -0.3 is 15.0 Å². The van der Waals surface area contributed by atoms with Crippen LogP contribution in [0.5, 0.6) is 5.75 Å². The Kier molecular flexibility index (Phi) is 5.92. The van der Waals surface area contributed by atoms with Crippen LogP contribution >= 0.6 is 0 Å². The van der Waals surface area contributed by atoms with Crippen molar-refractivity contribution in [2.75, 3.05) is 25.1 Å². The molecule has 4 rings (SSSR count). The summed E-state index contributed by atoms with van der Waals surface area (Å²) in [5, 5.41) is 2.89. The van der Waals surface area contributed by atoms with Crippen LogP contribution in [0.4, 0.5) is 5.82 Å². The fourth-order valence-corrected chi connectivity index (χ4v) is 3.51. The van der Waals surface area contributed by atoms with Crippen LogP contribution in [0.3, 0.4) is 0 Å². The number of piperidine rings is 1. The first-order chi connectivity index (χ1) is 14.6. The number of carbonyl (C=O) groups excluding carboxylic acids is 1. The summed E-state index contributed by atoms with van der Waals surface area (Å²) in [6.45, 7) is 4.68. The van der Waals surface area contributed by atoms with Crippen molar-refractivity contribution in [2.45, 2.75) is 26.3 Å². The molecule has 8 heteroatoms. The van der Waals surface area contributed by atoms with Gasteiger partial charge in [0.2, 0.25) is 0 Å². The zero-order chi connectivity index (χ0) is 20.9. The van der Waals surface area contributed by atoms with Crippen LogP contribution in [0.1, 0.15) is 35.8 Å². The number of benzene rings is 1. The van der Waals surface area contributed by atoms with E-state index in [0.717, 1.165) is 36.1 Å². The number of carbonyl (C=O) groups is 1. The van der Waals surface area contributed by atoms with E-state index in [1.807, 2.05) is 30.3 Å². The van der Waals surface area contributed by atoms with Crippen LogP contribution in [0.2, 0.25) is 0 Å². The van der Waals surface area contributed by atoms with Gasteiger partial charge in [0.15, 0.2) is 0 Å². The minimum Gasteiger partial charge on any atom is -0.497 e. The number of hydrogen-bond acceptors (Lipinski definition) is 6. The molecule has 8 nitrogen and oxygen atoms in total. The van der Waals surface area contributed by atoms with Crippen molar-refractivity contribution < 1.29 is 9.53 Å². The van der Waals surface area contributed by atoms with Crippen LogP contribution in [0, 0.1) is 5.92 Å². The quantitative estimate of drug-likeness (QED) is 0.678. The lowest BCUT2D eigenvalue weighted by molar-refractivity contribution is 0.0946. The van der Waals surface area contributed by atoms with Crippen molar-refractivity contribution >= 4 is 11.7 Å². The Morgan fingerprint density at radius 3 is 2.77 bits per heavy atom. The predicted molar refractivity (Wildman–Crippen MR) is 114 cm³/mol. The van der Waals surface area contributed by atoms with Crippen molar-refractivity contribution in [1.29, 1.82) is 0 Å². The minimum absolute atomic E-state index is 0.240. The van der Waals surface area contributed by atoms with Crippen LogP contribution < -0.4 is 15.0 Å². The van der Waals surface area contributed by atoms with Crippen molar-refractivity contribution in [2.24, 2.45) is 5.92 Å². The van der Waals surface area contributed by atoms with Crippen molar-refractivity contribution in [3.8, 4) is 11.6 Å². The Bertz CT molecular complexity index is 1010. The fourth-order valence-electron chi connectivity index (χ4n) is 3.51. The number of methoxy groups -OCH3 is 1. The van der Waals surface area contributed by atoms with E-state index in [4.69, 9.17) is 4.74 Å². The average Bonchev–Trinajstić information content (AvgIpc) is 3.29. The van der Waals surface area contributed by atoms with Gasteiger partial charge >= 0.3 is 0 Å². The van der Waals surface area contributed by atoms with E-state index in [0.29, 0.717) is 18.1 Å². The molecular weight excluding hydrogens is 380 g/mol. The van der Waals surface area contributed by atoms with Gasteiger partial charge in [-0.15, -0.1) is 0 Å². The second-order valence-corrected chi connectivity index (χ2v) is 7.60. The number of nitrogens with zero attached hydrogens (tertiary/aromatic N) is 5. The normalized spacial score (nSPS) is 14.5. The third-order valence-corrected chi connectivity index (χ3v) is 5.41. The lowest BCUT2D eigenvalue weighted by Crippen LogP contribution is -2.33. The summed E-state index contributed by atoms with van der Waals surface area (Å²) >= 11 is 0. The topological polar surface area (TPSA) is 85.2 Å². The number of ether oxygens (including phenoxy) is 1. The molecule has 0 bridgehead atoms. The zero-order valence-electron chi connectivity index (χ0n) is 17.3. The summed E-state index contributed by atoms with van der Waals surface area (Å²) < 4.78 is 6.96. The van der Waals surface area contributed by atoms with Gasteiger partial charge in [0.25, 0.3) is 5.91 Å². The number of rotatable bonds is 6. The predicted octanol–water partition coefficient (Wildman–Crippen LogP) is 2.84. The second kappa shape index (κ2) is 8.94. The lowest BCUT2D eigenvalue weighted by atomic mass is 9.99. The van der Waals surface area contributed by atoms with Crippen molar-refractivity contribution in [3.63, 3.8) is 0 Å². The summed E-state index contributed by atoms with van der Waals surface area (Å²) in [4.78, 5) is 27.8. The average molecular weight is 406 g/mol. The summed E-state index contributed by atoms with van der Waals surface area (Å²) in [6, 6.07) is 9.53. The van der Waals surface area contributed by atoms with E-state index >= 15 is 0 Å². The van der Waals surface area contributed by atoms with Gasteiger partial charge in [0.05, 0.1) is 7.11 Å². The number of anilines is 1.